The van der Waals surface area contributed by atoms with Crippen LogP contribution in [0.1, 0.15) is 16.7 Å². The summed E-state index contributed by atoms with van der Waals surface area (Å²) < 4.78 is 2.36. The molecule has 0 aliphatic rings. The van der Waals surface area contributed by atoms with Crippen molar-refractivity contribution in [1.82, 2.24) is 9.97 Å². The van der Waals surface area contributed by atoms with Gasteiger partial charge in [-0.15, -0.1) is 0 Å². The number of nitrogens with two attached hydrogens (primary N) is 1. The first kappa shape index (κ1) is 28.3. The molecule has 0 unspecified atom stereocenters. The van der Waals surface area contributed by atoms with Crippen LogP contribution in [0.3, 0.4) is 0 Å². The maximum absolute atomic E-state index is 8.30. The number of aryl methyl sites for hydroxylation is 2. The molecule has 0 aliphatic heterocycles. The highest BCUT2D eigenvalue weighted by Crippen LogP contribution is 2.22. The molecule has 0 aliphatic carbocycles. The normalized spacial score (nSPS) is 9.34. The first-order chi connectivity index (χ1) is 16.7. The van der Waals surface area contributed by atoms with E-state index in [1.165, 1.54) is 18.9 Å². The van der Waals surface area contributed by atoms with E-state index in [4.69, 9.17) is 29.2 Å². The van der Waals surface area contributed by atoms with Crippen LogP contribution in [0.2, 0.25) is 5.15 Å². The Labute approximate surface area is 237 Å². The van der Waals surface area contributed by atoms with Crippen LogP contribution in [0.4, 0.5) is 22.9 Å². The summed E-state index contributed by atoms with van der Waals surface area (Å²) in [6.07, 6.45) is 3.00. The number of aromatic nitrogens is 2. The zero-order chi connectivity index (χ0) is 25.8. The highest BCUT2D eigenvalue weighted by atomic mass is 127. The Kier molecular flexibility index (Phi) is 11.7. The first-order valence-corrected chi connectivity index (χ1v) is 12.7. The van der Waals surface area contributed by atoms with Crippen LogP contribution in [0.5, 0.6) is 0 Å². The molecule has 0 saturated heterocycles. The predicted octanol–water partition coefficient (Wildman–Crippen LogP) is 8.08. The van der Waals surface area contributed by atoms with Crippen molar-refractivity contribution in [3.05, 3.63) is 113 Å². The number of benzene rings is 2. The van der Waals surface area contributed by atoms with Gasteiger partial charge in [0.15, 0.2) is 0 Å². The zero-order valence-electron chi connectivity index (χ0n) is 18.9. The fourth-order valence-corrected chi connectivity index (χ4v) is 3.56. The van der Waals surface area contributed by atoms with E-state index in [0.29, 0.717) is 16.4 Å². The van der Waals surface area contributed by atoms with Crippen molar-refractivity contribution in [1.29, 1.82) is 5.26 Å². The Balaban J connectivity index is 0.000000203. The van der Waals surface area contributed by atoms with Crippen molar-refractivity contribution in [3.63, 3.8) is 0 Å². The molecule has 4 rings (SSSR count). The Morgan fingerprint density at radius 1 is 0.943 bits per heavy atom. The van der Waals surface area contributed by atoms with Crippen molar-refractivity contribution < 1.29 is 0 Å². The molecule has 2 aromatic heterocycles. The summed E-state index contributed by atoms with van der Waals surface area (Å²) in [6.45, 7) is 10.9. The standard InChI is InChI=1S/C13H10IN3.C7H8IN.C6H3ClN2/c1-9-3-4-10(14)7-12(9)17-13-6-5-11(15-2)8-16-13;1-5-2-3-6(8)4-7(5)9;7-6-2-1-5(3-8)4-9-6/h3-8H,1H3,(H,16,17);2-4H,9H2,1H3;1-2,4H. The van der Waals surface area contributed by atoms with Gasteiger partial charge in [-0.25, -0.2) is 9.83 Å². The summed E-state index contributed by atoms with van der Waals surface area (Å²) in [4.78, 5) is 11.2. The van der Waals surface area contributed by atoms with Gasteiger partial charge in [0, 0.05) is 30.9 Å². The minimum atomic E-state index is 0.411. The number of nitrogens with zero attached hydrogens (tertiary/aromatic N) is 4. The van der Waals surface area contributed by atoms with Crippen LogP contribution in [-0.2, 0) is 0 Å². The summed E-state index contributed by atoms with van der Waals surface area (Å²) in [5, 5.41) is 12.0. The molecule has 176 valence electrons. The lowest BCUT2D eigenvalue weighted by atomic mass is 10.2. The number of nitriles is 1. The smallest absolute Gasteiger partial charge is 0.205 e. The van der Waals surface area contributed by atoms with Crippen LogP contribution >= 0.6 is 56.8 Å². The van der Waals surface area contributed by atoms with Gasteiger partial charge in [-0.1, -0.05) is 29.8 Å². The first-order valence-electron chi connectivity index (χ1n) is 10.1. The van der Waals surface area contributed by atoms with Gasteiger partial charge in [0.05, 0.1) is 12.1 Å². The molecule has 3 N–H and O–H groups in total. The number of pyridine rings is 2. The van der Waals surface area contributed by atoms with E-state index >= 15 is 0 Å². The topological polar surface area (TPSA) is 92.0 Å². The number of hydrogen-bond donors (Lipinski definition) is 2. The fourth-order valence-electron chi connectivity index (χ4n) is 2.45. The molecular weight excluding hydrogens is 686 g/mol. The average Bonchev–Trinajstić information content (AvgIpc) is 2.86. The molecule has 0 saturated carbocycles. The van der Waals surface area contributed by atoms with Crippen LogP contribution < -0.4 is 11.1 Å². The number of nitrogen functional groups attached to an aromatic ring is 1. The third-order valence-electron chi connectivity index (χ3n) is 4.44. The number of rotatable bonds is 2. The summed E-state index contributed by atoms with van der Waals surface area (Å²) in [5.74, 6) is 0.752. The van der Waals surface area contributed by atoms with Crippen LogP contribution in [-0.4, -0.2) is 9.97 Å². The quantitative estimate of drug-likeness (QED) is 0.0953. The van der Waals surface area contributed by atoms with Crippen molar-refractivity contribution in [2.24, 2.45) is 0 Å². The van der Waals surface area contributed by atoms with Gasteiger partial charge in [-0.05, 0) is 113 Å². The lowest BCUT2D eigenvalue weighted by Crippen LogP contribution is -1.95. The Morgan fingerprint density at radius 2 is 1.63 bits per heavy atom. The third kappa shape index (κ3) is 10.1. The van der Waals surface area contributed by atoms with Gasteiger partial charge in [0.1, 0.15) is 17.0 Å². The van der Waals surface area contributed by atoms with Gasteiger partial charge in [-0.3, -0.25) is 4.98 Å². The minimum Gasteiger partial charge on any atom is -0.398 e. The van der Waals surface area contributed by atoms with Crippen LogP contribution in [0.25, 0.3) is 4.85 Å². The monoisotopic (exact) mass is 706 g/mol. The van der Waals surface area contributed by atoms with Crippen molar-refractivity contribution in [2.75, 3.05) is 11.1 Å². The zero-order valence-corrected chi connectivity index (χ0v) is 24.0. The predicted molar refractivity (Wildman–Crippen MR) is 160 cm³/mol. The summed E-state index contributed by atoms with van der Waals surface area (Å²) in [6, 6.07) is 20.9. The Hall–Kier alpha value is -2.93. The molecule has 0 amide bonds. The molecule has 35 heavy (non-hydrogen) atoms. The molecular formula is C26H21ClI2N6. The van der Waals surface area contributed by atoms with Gasteiger partial charge in [0.2, 0.25) is 5.69 Å². The lowest BCUT2D eigenvalue weighted by molar-refractivity contribution is 1.30. The third-order valence-corrected chi connectivity index (χ3v) is 6.00. The molecule has 0 spiro atoms. The fraction of sp³-hybridized carbons (Fsp3) is 0.0769. The number of halogens is 3. The highest BCUT2D eigenvalue weighted by Gasteiger charge is 2.01. The molecule has 0 fully saturated rings. The van der Waals surface area contributed by atoms with E-state index in [2.05, 4.69) is 83.5 Å². The van der Waals surface area contributed by atoms with Crippen LogP contribution in [0, 0.1) is 38.9 Å². The van der Waals surface area contributed by atoms with E-state index in [-0.39, 0.29) is 0 Å². The highest BCUT2D eigenvalue weighted by molar-refractivity contribution is 14.1. The van der Waals surface area contributed by atoms with Gasteiger partial charge in [0.25, 0.3) is 0 Å². The van der Waals surface area contributed by atoms with E-state index in [1.807, 2.05) is 44.2 Å². The molecule has 9 heteroatoms. The molecule has 0 radical (unpaired) electrons. The number of nitrogens with one attached hydrogen (secondary N) is 1. The molecule has 4 aromatic rings. The second kappa shape index (κ2) is 14.5. The molecule has 6 nitrogen and oxygen atoms in total. The van der Waals surface area contributed by atoms with Gasteiger partial charge in [-0.2, -0.15) is 5.26 Å². The Bertz CT molecular complexity index is 1340. The van der Waals surface area contributed by atoms with Gasteiger partial charge < -0.3 is 11.1 Å². The van der Waals surface area contributed by atoms with Crippen molar-refractivity contribution in [2.45, 2.75) is 13.8 Å². The number of hydrogen-bond acceptors (Lipinski definition) is 5. The van der Waals surface area contributed by atoms with E-state index in [9.17, 15) is 0 Å². The van der Waals surface area contributed by atoms with Gasteiger partial charge >= 0.3 is 0 Å². The SMILES string of the molecule is Cc1ccc(I)cc1N.N#Cc1ccc(Cl)nc1.[C-]#[N+]c1ccc(Nc2cc(I)ccc2C)nc1. The lowest BCUT2D eigenvalue weighted by Gasteiger charge is -2.09. The molecule has 0 bridgehead atoms. The van der Waals surface area contributed by atoms with Crippen molar-refractivity contribution in [3.8, 4) is 6.07 Å². The van der Waals surface area contributed by atoms with E-state index in [0.717, 1.165) is 22.8 Å². The summed E-state index contributed by atoms with van der Waals surface area (Å²) in [7, 11) is 0. The van der Waals surface area contributed by atoms with Crippen LogP contribution in [0.15, 0.2) is 73.1 Å². The van der Waals surface area contributed by atoms with E-state index < -0.39 is 0 Å². The largest absolute Gasteiger partial charge is 0.398 e. The molecule has 0 atom stereocenters. The number of anilines is 3. The summed E-state index contributed by atoms with van der Waals surface area (Å²) in [5.41, 5.74) is 10.9. The second-order valence-electron chi connectivity index (χ2n) is 7.08. The molecule has 2 aromatic carbocycles. The van der Waals surface area contributed by atoms with E-state index in [1.54, 1.807) is 24.4 Å². The maximum atomic E-state index is 8.30. The summed E-state index contributed by atoms with van der Waals surface area (Å²) >= 11 is 9.97. The minimum absolute atomic E-state index is 0.411. The Morgan fingerprint density at radius 3 is 2.14 bits per heavy atom. The second-order valence-corrected chi connectivity index (χ2v) is 9.96. The average molecular weight is 707 g/mol. The maximum Gasteiger partial charge on any atom is 0.205 e. The van der Waals surface area contributed by atoms with Crippen molar-refractivity contribution >= 4 is 79.7 Å². The molecule has 2 heterocycles.